The normalized spacial score (nSPS) is 23.1. The van der Waals surface area contributed by atoms with Gasteiger partial charge in [-0.1, -0.05) is 0 Å². The van der Waals surface area contributed by atoms with Gasteiger partial charge in [-0.15, -0.1) is 0 Å². The van der Waals surface area contributed by atoms with Gasteiger partial charge in [0.2, 0.25) is 0 Å². The Labute approximate surface area is 126 Å². The van der Waals surface area contributed by atoms with Gasteiger partial charge in [0.05, 0.1) is 0 Å². The van der Waals surface area contributed by atoms with Crippen molar-refractivity contribution in [1.82, 2.24) is 20.4 Å². The zero-order valence-electron chi connectivity index (χ0n) is 13.3. The van der Waals surface area contributed by atoms with Crippen LogP contribution in [0.15, 0.2) is 12.3 Å². The lowest BCUT2D eigenvalue weighted by molar-refractivity contribution is 0.00697. The lowest BCUT2D eigenvalue weighted by atomic mass is 9.98. The van der Waals surface area contributed by atoms with Crippen LogP contribution in [0.1, 0.15) is 46.2 Å². The fourth-order valence-corrected chi connectivity index (χ4v) is 2.62. The zero-order chi connectivity index (χ0) is 15.5. The molecule has 1 aromatic rings. The van der Waals surface area contributed by atoms with Crippen molar-refractivity contribution >= 4 is 6.09 Å². The highest BCUT2D eigenvalue weighted by Gasteiger charge is 2.33. The molecule has 0 radical (unpaired) electrons. The highest BCUT2D eigenvalue weighted by atomic mass is 16.6. The molecule has 0 aromatic carbocycles. The second-order valence-electron chi connectivity index (χ2n) is 6.63. The highest BCUT2D eigenvalue weighted by Crippen LogP contribution is 2.21. The molecule has 1 amide bonds. The van der Waals surface area contributed by atoms with E-state index < -0.39 is 5.60 Å². The van der Waals surface area contributed by atoms with E-state index in [1.165, 1.54) is 0 Å². The molecule has 1 fully saturated rings. The van der Waals surface area contributed by atoms with Crippen molar-refractivity contribution in [1.29, 1.82) is 0 Å². The lowest BCUT2D eigenvalue weighted by Crippen LogP contribution is -2.55. The quantitative estimate of drug-likeness (QED) is 0.897. The van der Waals surface area contributed by atoms with Gasteiger partial charge in [-0.25, -0.2) is 4.79 Å². The average Bonchev–Trinajstić information content (AvgIpc) is 2.88. The third-order valence-electron chi connectivity index (χ3n) is 3.73. The maximum Gasteiger partial charge on any atom is 0.410 e. The number of carbonyl (C=O) groups excluding carboxylic acids is 1. The van der Waals surface area contributed by atoms with Gasteiger partial charge in [0, 0.05) is 37.1 Å². The van der Waals surface area contributed by atoms with Gasteiger partial charge in [-0.3, -0.25) is 5.10 Å². The van der Waals surface area contributed by atoms with Crippen LogP contribution < -0.4 is 5.32 Å². The topological polar surface area (TPSA) is 70.2 Å². The van der Waals surface area contributed by atoms with E-state index in [1.807, 2.05) is 31.7 Å². The third-order valence-corrected chi connectivity index (χ3v) is 3.73. The number of ether oxygens (including phenoxy) is 1. The minimum Gasteiger partial charge on any atom is -0.444 e. The second-order valence-corrected chi connectivity index (χ2v) is 6.63. The van der Waals surface area contributed by atoms with E-state index >= 15 is 0 Å². The van der Waals surface area contributed by atoms with Gasteiger partial charge >= 0.3 is 6.09 Å². The number of nitrogens with zero attached hydrogens (tertiary/aromatic N) is 2. The predicted molar refractivity (Wildman–Crippen MR) is 80.9 cm³/mol. The number of piperidine rings is 1. The van der Waals surface area contributed by atoms with Crippen LogP contribution in [0, 0.1) is 0 Å². The molecule has 2 N–H and O–H groups in total. The summed E-state index contributed by atoms with van der Waals surface area (Å²) < 4.78 is 5.49. The Bertz CT molecular complexity index is 453. The molecular weight excluding hydrogens is 268 g/mol. The summed E-state index contributed by atoms with van der Waals surface area (Å²) >= 11 is 0. The van der Waals surface area contributed by atoms with Crippen molar-refractivity contribution in [2.24, 2.45) is 0 Å². The van der Waals surface area contributed by atoms with Crippen molar-refractivity contribution < 1.29 is 9.53 Å². The van der Waals surface area contributed by atoms with E-state index in [0.717, 1.165) is 31.6 Å². The number of nitrogens with one attached hydrogen (secondary N) is 2. The molecule has 0 bridgehead atoms. The molecule has 21 heavy (non-hydrogen) atoms. The fraction of sp³-hybridized carbons (Fsp3) is 0.733. The smallest absolute Gasteiger partial charge is 0.410 e. The summed E-state index contributed by atoms with van der Waals surface area (Å²) in [6.45, 7) is 9.26. The second kappa shape index (κ2) is 6.47. The van der Waals surface area contributed by atoms with Gasteiger partial charge in [0.25, 0.3) is 0 Å². The minimum atomic E-state index is -0.451. The molecule has 6 heteroatoms. The van der Waals surface area contributed by atoms with Crippen molar-refractivity contribution in [2.75, 3.05) is 6.54 Å². The van der Waals surface area contributed by atoms with Crippen LogP contribution in [-0.2, 0) is 11.3 Å². The zero-order valence-corrected chi connectivity index (χ0v) is 13.3. The molecule has 2 heterocycles. The number of H-pyrrole nitrogens is 1. The van der Waals surface area contributed by atoms with E-state index in [0.29, 0.717) is 0 Å². The van der Waals surface area contributed by atoms with E-state index in [-0.39, 0.29) is 18.2 Å². The summed E-state index contributed by atoms with van der Waals surface area (Å²) in [5.74, 6) is 0. The van der Waals surface area contributed by atoms with Crippen LogP contribution in [0.4, 0.5) is 4.79 Å². The molecule has 0 saturated carbocycles. The van der Waals surface area contributed by atoms with Crippen LogP contribution >= 0.6 is 0 Å². The molecule has 0 aliphatic carbocycles. The van der Waals surface area contributed by atoms with Crippen LogP contribution in [0.2, 0.25) is 0 Å². The Balaban J connectivity index is 1.91. The van der Waals surface area contributed by atoms with Gasteiger partial charge in [0.1, 0.15) is 5.60 Å². The number of hydrogen-bond acceptors (Lipinski definition) is 4. The first kappa shape index (κ1) is 15.8. The van der Waals surface area contributed by atoms with Crippen molar-refractivity contribution in [2.45, 2.75) is 64.8 Å². The van der Waals surface area contributed by atoms with Crippen molar-refractivity contribution in [3.8, 4) is 0 Å². The number of likely N-dealkylation sites (tertiary alicyclic amines) is 1. The van der Waals surface area contributed by atoms with Crippen LogP contribution in [0.5, 0.6) is 0 Å². The SMILES string of the molecule is C[C@H]1[C@@H](NCc2ccn[nH]2)CCCN1C(=O)OC(C)(C)C. The third kappa shape index (κ3) is 4.46. The Morgan fingerprint density at radius 2 is 2.33 bits per heavy atom. The molecule has 1 saturated heterocycles. The standard InChI is InChI=1S/C15H26N4O2/c1-11-13(16-10-12-7-8-17-18-12)6-5-9-19(11)14(20)21-15(2,3)4/h7-8,11,13,16H,5-6,9-10H2,1-4H3,(H,17,18)/t11-,13-/m0/s1. The number of hydrogen-bond donors (Lipinski definition) is 2. The van der Waals surface area contributed by atoms with E-state index in [4.69, 9.17) is 4.74 Å². The molecule has 0 unspecified atom stereocenters. The molecule has 1 aromatic heterocycles. The number of carbonyl (C=O) groups is 1. The maximum atomic E-state index is 12.3. The summed E-state index contributed by atoms with van der Waals surface area (Å²) in [4.78, 5) is 14.1. The largest absolute Gasteiger partial charge is 0.444 e. The molecular formula is C15H26N4O2. The summed E-state index contributed by atoms with van der Waals surface area (Å²) in [5, 5.41) is 10.4. The molecule has 1 aliphatic heterocycles. The molecule has 2 atom stereocenters. The minimum absolute atomic E-state index is 0.122. The monoisotopic (exact) mass is 294 g/mol. The van der Waals surface area contributed by atoms with E-state index in [1.54, 1.807) is 6.20 Å². The first-order valence-corrected chi connectivity index (χ1v) is 7.58. The van der Waals surface area contributed by atoms with Crippen molar-refractivity contribution in [3.05, 3.63) is 18.0 Å². The number of rotatable bonds is 3. The summed E-state index contributed by atoms with van der Waals surface area (Å²) in [7, 11) is 0. The average molecular weight is 294 g/mol. The Hall–Kier alpha value is -1.56. The van der Waals surface area contributed by atoms with Crippen LogP contribution in [-0.4, -0.2) is 45.4 Å². The molecule has 6 nitrogen and oxygen atoms in total. The first-order valence-electron chi connectivity index (χ1n) is 7.58. The lowest BCUT2D eigenvalue weighted by Gasteiger charge is -2.40. The fourth-order valence-electron chi connectivity index (χ4n) is 2.62. The van der Waals surface area contributed by atoms with Gasteiger partial charge in [-0.05, 0) is 46.6 Å². The summed E-state index contributed by atoms with van der Waals surface area (Å²) in [6.07, 6.45) is 3.58. The molecule has 118 valence electrons. The van der Waals surface area contributed by atoms with Crippen molar-refractivity contribution in [3.63, 3.8) is 0 Å². The van der Waals surface area contributed by atoms with E-state index in [9.17, 15) is 4.79 Å². The predicted octanol–water partition coefficient (Wildman–Crippen LogP) is 2.29. The number of amides is 1. The molecule has 0 spiro atoms. The van der Waals surface area contributed by atoms with Gasteiger partial charge in [-0.2, -0.15) is 5.10 Å². The molecule has 1 aliphatic rings. The Morgan fingerprint density at radius 1 is 1.57 bits per heavy atom. The first-order chi connectivity index (χ1) is 9.87. The Morgan fingerprint density at radius 3 is 2.95 bits per heavy atom. The maximum absolute atomic E-state index is 12.3. The summed E-state index contributed by atoms with van der Waals surface area (Å²) in [5.41, 5.74) is 0.601. The molecule has 2 rings (SSSR count). The van der Waals surface area contributed by atoms with E-state index in [2.05, 4.69) is 22.4 Å². The van der Waals surface area contributed by atoms with Gasteiger partial charge < -0.3 is 15.0 Å². The van der Waals surface area contributed by atoms with Gasteiger partial charge in [0.15, 0.2) is 0 Å². The Kier molecular flexibility index (Phi) is 4.88. The van der Waals surface area contributed by atoms with Crippen LogP contribution in [0.25, 0.3) is 0 Å². The highest BCUT2D eigenvalue weighted by molar-refractivity contribution is 5.68. The van der Waals surface area contributed by atoms with Crippen LogP contribution in [0.3, 0.4) is 0 Å². The number of aromatic amines is 1. The summed E-state index contributed by atoms with van der Waals surface area (Å²) in [6, 6.07) is 2.35. The number of aromatic nitrogens is 2.